The average Bonchev–Trinajstić information content (AvgIpc) is 2.78. The van der Waals surface area contributed by atoms with Crippen LogP contribution in [0.4, 0.5) is 0 Å². The molecule has 0 saturated heterocycles. The van der Waals surface area contributed by atoms with Crippen molar-refractivity contribution >= 4 is 17.5 Å². The van der Waals surface area contributed by atoms with E-state index < -0.39 is 0 Å². The fourth-order valence-electron chi connectivity index (χ4n) is 3.42. The molecule has 4 rings (SSSR count). The molecule has 0 radical (unpaired) electrons. The molecule has 0 fully saturated rings. The standard InChI is InChI=1S/C25H23N3O2/c29-21-13-11-19(12-14-21)16-24(30)28-25-22(15-18-7-3-1-4-8-18)27-23(17-26-25)20-9-5-2-6-10-20/h1-14,23,29H,15-17H2,(H,26,28,30). The first-order valence-corrected chi connectivity index (χ1v) is 9.95. The minimum Gasteiger partial charge on any atom is -0.508 e. The second-order valence-electron chi connectivity index (χ2n) is 7.25. The topological polar surface area (TPSA) is 74.0 Å². The van der Waals surface area contributed by atoms with Crippen LogP contribution in [0.3, 0.4) is 0 Å². The maximum absolute atomic E-state index is 12.6. The summed E-state index contributed by atoms with van der Waals surface area (Å²) in [6, 6.07) is 26.7. The minimum absolute atomic E-state index is 0.0531. The van der Waals surface area contributed by atoms with Gasteiger partial charge in [0.15, 0.2) is 0 Å². The van der Waals surface area contributed by atoms with Crippen LogP contribution in [0.25, 0.3) is 0 Å². The van der Waals surface area contributed by atoms with Crippen LogP contribution in [0.2, 0.25) is 0 Å². The summed E-state index contributed by atoms with van der Waals surface area (Å²) in [6.07, 6.45) is 0.808. The van der Waals surface area contributed by atoms with Gasteiger partial charge in [-0.1, -0.05) is 72.8 Å². The van der Waals surface area contributed by atoms with Crippen LogP contribution in [0.1, 0.15) is 22.7 Å². The highest BCUT2D eigenvalue weighted by atomic mass is 16.3. The lowest BCUT2D eigenvalue weighted by atomic mass is 10.0. The average molecular weight is 397 g/mol. The van der Waals surface area contributed by atoms with E-state index in [0.29, 0.717) is 18.8 Å². The molecular formula is C25H23N3O2. The number of amides is 1. The molecule has 0 aromatic heterocycles. The molecular weight excluding hydrogens is 374 g/mol. The molecule has 3 aromatic rings. The van der Waals surface area contributed by atoms with Crippen LogP contribution in [0.15, 0.2) is 94.9 Å². The van der Waals surface area contributed by atoms with Crippen molar-refractivity contribution in [2.75, 3.05) is 6.54 Å². The van der Waals surface area contributed by atoms with Gasteiger partial charge in [-0.3, -0.25) is 14.8 Å². The van der Waals surface area contributed by atoms with Gasteiger partial charge in [-0.15, -0.1) is 0 Å². The Kier molecular flexibility index (Phi) is 5.99. The molecule has 0 spiro atoms. The number of carbonyl (C=O) groups excluding carboxylic acids is 1. The summed E-state index contributed by atoms with van der Waals surface area (Å²) in [7, 11) is 0. The van der Waals surface area contributed by atoms with Crippen LogP contribution >= 0.6 is 0 Å². The first kappa shape index (κ1) is 19.6. The molecule has 0 saturated carbocycles. The van der Waals surface area contributed by atoms with Crippen LogP contribution in [0, 0.1) is 0 Å². The Bertz CT molecular complexity index is 1060. The van der Waals surface area contributed by atoms with Gasteiger partial charge in [-0.2, -0.15) is 0 Å². The van der Waals surface area contributed by atoms with Crippen LogP contribution < -0.4 is 5.32 Å². The second kappa shape index (κ2) is 9.18. The molecule has 30 heavy (non-hydrogen) atoms. The summed E-state index contributed by atoms with van der Waals surface area (Å²) in [5.41, 5.74) is 3.83. The number of benzene rings is 3. The Morgan fingerprint density at radius 1 is 0.900 bits per heavy atom. The van der Waals surface area contributed by atoms with E-state index in [1.165, 1.54) is 0 Å². The number of phenols is 1. The number of amidine groups is 1. The third-order valence-corrected chi connectivity index (χ3v) is 4.96. The van der Waals surface area contributed by atoms with Gasteiger partial charge in [0.2, 0.25) is 5.91 Å². The summed E-state index contributed by atoms with van der Waals surface area (Å²) < 4.78 is 0. The van der Waals surface area contributed by atoms with Gasteiger partial charge in [0, 0.05) is 6.42 Å². The van der Waals surface area contributed by atoms with E-state index in [1.807, 2.05) is 48.5 Å². The maximum Gasteiger partial charge on any atom is 0.229 e. The zero-order valence-electron chi connectivity index (χ0n) is 16.5. The molecule has 1 aliphatic rings. The third kappa shape index (κ3) is 5.00. The number of rotatable bonds is 5. The van der Waals surface area contributed by atoms with Crippen molar-refractivity contribution in [1.82, 2.24) is 5.32 Å². The Morgan fingerprint density at radius 3 is 2.27 bits per heavy atom. The highest BCUT2D eigenvalue weighted by Crippen LogP contribution is 2.22. The number of hydrogen-bond donors (Lipinski definition) is 2. The lowest BCUT2D eigenvalue weighted by molar-refractivity contribution is -0.119. The van der Waals surface area contributed by atoms with Gasteiger partial charge in [0.25, 0.3) is 0 Å². The van der Waals surface area contributed by atoms with Gasteiger partial charge in [-0.25, -0.2) is 0 Å². The number of carbonyl (C=O) groups is 1. The van der Waals surface area contributed by atoms with Gasteiger partial charge in [0.05, 0.1) is 24.7 Å². The fourth-order valence-corrected chi connectivity index (χ4v) is 3.42. The quantitative estimate of drug-likeness (QED) is 0.685. The number of aromatic hydroxyl groups is 1. The minimum atomic E-state index is -0.154. The lowest BCUT2D eigenvalue weighted by Crippen LogP contribution is -2.40. The van der Waals surface area contributed by atoms with Gasteiger partial charge in [0.1, 0.15) is 11.6 Å². The Hall–Kier alpha value is -3.73. The summed E-state index contributed by atoms with van der Waals surface area (Å²) >= 11 is 0. The van der Waals surface area contributed by atoms with E-state index in [9.17, 15) is 9.90 Å². The highest BCUT2D eigenvalue weighted by Gasteiger charge is 2.22. The van der Waals surface area contributed by atoms with Crippen molar-refractivity contribution in [2.24, 2.45) is 9.98 Å². The van der Waals surface area contributed by atoms with E-state index >= 15 is 0 Å². The van der Waals surface area contributed by atoms with Gasteiger partial charge < -0.3 is 10.4 Å². The molecule has 2 N–H and O–H groups in total. The molecule has 5 heteroatoms. The Morgan fingerprint density at radius 2 is 1.57 bits per heavy atom. The van der Waals surface area contributed by atoms with Crippen molar-refractivity contribution < 1.29 is 9.90 Å². The summed E-state index contributed by atoms with van der Waals surface area (Å²) in [5, 5.41) is 12.4. The number of nitrogens with zero attached hydrogens (tertiary/aromatic N) is 2. The first-order valence-electron chi connectivity index (χ1n) is 9.95. The molecule has 0 bridgehead atoms. The highest BCUT2D eigenvalue weighted by molar-refractivity contribution is 6.44. The van der Waals surface area contributed by atoms with Gasteiger partial charge in [-0.05, 0) is 28.8 Å². The van der Waals surface area contributed by atoms with Crippen molar-refractivity contribution in [3.05, 3.63) is 102 Å². The monoisotopic (exact) mass is 397 g/mol. The summed E-state index contributed by atoms with van der Waals surface area (Å²) in [4.78, 5) is 22.2. The fraction of sp³-hybridized carbons (Fsp3) is 0.160. The predicted octanol–water partition coefficient (Wildman–Crippen LogP) is 3.89. The zero-order valence-corrected chi connectivity index (χ0v) is 16.5. The molecule has 5 nitrogen and oxygen atoms in total. The molecule has 0 aliphatic carbocycles. The van der Waals surface area contributed by atoms with Crippen molar-refractivity contribution in [2.45, 2.75) is 18.9 Å². The SMILES string of the molecule is O=C(Cc1ccc(O)cc1)NC1=NCC(c2ccccc2)N=C1Cc1ccccc1. The molecule has 1 heterocycles. The van der Waals surface area contributed by atoms with Gasteiger partial charge >= 0.3 is 0 Å². The van der Waals surface area contributed by atoms with E-state index in [-0.39, 0.29) is 24.1 Å². The number of aliphatic imine (C=N–C) groups is 2. The second-order valence-corrected chi connectivity index (χ2v) is 7.25. The largest absolute Gasteiger partial charge is 0.508 e. The molecule has 1 atom stereocenters. The lowest BCUT2D eigenvalue weighted by Gasteiger charge is -2.21. The van der Waals surface area contributed by atoms with E-state index in [0.717, 1.165) is 22.4 Å². The predicted molar refractivity (Wildman–Crippen MR) is 119 cm³/mol. The van der Waals surface area contributed by atoms with Crippen LogP contribution in [0.5, 0.6) is 5.75 Å². The Labute approximate surface area is 175 Å². The summed E-state index contributed by atoms with van der Waals surface area (Å²) in [6.45, 7) is 0.497. The van der Waals surface area contributed by atoms with Crippen LogP contribution in [-0.4, -0.2) is 29.1 Å². The molecule has 1 aliphatic heterocycles. The third-order valence-electron chi connectivity index (χ3n) is 4.96. The zero-order chi connectivity index (χ0) is 20.8. The van der Waals surface area contributed by atoms with Crippen molar-refractivity contribution in [3.63, 3.8) is 0 Å². The molecule has 3 aromatic carbocycles. The number of nitrogens with one attached hydrogen (secondary N) is 1. The smallest absolute Gasteiger partial charge is 0.229 e. The number of phenolic OH excluding ortho intramolecular Hbond substituents is 1. The first-order chi connectivity index (χ1) is 14.7. The Balaban J connectivity index is 1.52. The molecule has 1 amide bonds. The van der Waals surface area contributed by atoms with Crippen molar-refractivity contribution in [1.29, 1.82) is 0 Å². The van der Waals surface area contributed by atoms with E-state index in [1.54, 1.807) is 24.3 Å². The maximum atomic E-state index is 12.6. The van der Waals surface area contributed by atoms with Crippen LogP contribution in [-0.2, 0) is 17.6 Å². The molecule has 1 unspecified atom stereocenters. The van der Waals surface area contributed by atoms with E-state index in [2.05, 4.69) is 22.4 Å². The van der Waals surface area contributed by atoms with Crippen molar-refractivity contribution in [3.8, 4) is 5.75 Å². The summed E-state index contributed by atoms with van der Waals surface area (Å²) in [5.74, 6) is 0.563. The van der Waals surface area contributed by atoms with E-state index in [4.69, 9.17) is 4.99 Å². The molecule has 150 valence electrons. The normalized spacial score (nSPS) is 15.8. The number of hydrogen-bond acceptors (Lipinski definition) is 4.